The molecule has 0 heterocycles. The number of carbonyl (C=O) groups excluding carboxylic acids is 3. The topological polar surface area (TPSA) is 78.9 Å². The summed E-state index contributed by atoms with van der Waals surface area (Å²) >= 11 is 0. The van der Waals surface area contributed by atoms with Crippen LogP contribution in [0.25, 0.3) is 0 Å². The number of ether oxygens (including phenoxy) is 3. The van der Waals surface area contributed by atoms with E-state index in [0.717, 1.165) is 83.5 Å². The monoisotopic (exact) mass is 927 g/mol. The van der Waals surface area contributed by atoms with Crippen LogP contribution in [0.3, 0.4) is 0 Å². The molecule has 0 aliphatic rings. The van der Waals surface area contributed by atoms with Crippen LogP contribution in [0.15, 0.2) is 122 Å². The van der Waals surface area contributed by atoms with Gasteiger partial charge in [-0.3, -0.25) is 14.4 Å². The first-order chi connectivity index (χ1) is 33.0. The molecule has 378 valence electrons. The van der Waals surface area contributed by atoms with Crippen molar-refractivity contribution in [3.05, 3.63) is 122 Å². The Hall–Kier alpha value is -4.19. The van der Waals surface area contributed by atoms with Crippen LogP contribution in [0.4, 0.5) is 0 Å². The van der Waals surface area contributed by atoms with Crippen molar-refractivity contribution in [2.75, 3.05) is 13.2 Å². The Morgan fingerprint density at radius 2 is 0.597 bits per heavy atom. The lowest BCUT2D eigenvalue weighted by Gasteiger charge is -2.18. The zero-order valence-electron chi connectivity index (χ0n) is 43.1. The van der Waals surface area contributed by atoms with Crippen LogP contribution >= 0.6 is 0 Å². The maximum atomic E-state index is 12.8. The minimum absolute atomic E-state index is 0.123. The minimum Gasteiger partial charge on any atom is -0.462 e. The molecule has 0 aromatic rings. The molecule has 0 rings (SSSR count). The number of allylic oxidation sites excluding steroid dienone is 20. The maximum Gasteiger partial charge on any atom is 0.306 e. The second kappa shape index (κ2) is 54.4. The normalized spacial score (nSPS) is 13.1. The molecule has 0 radical (unpaired) electrons. The van der Waals surface area contributed by atoms with Crippen molar-refractivity contribution in [2.45, 2.75) is 232 Å². The quantitative estimate of drug-likeness (QED) is 0.0262. The lowest BCUT2D eigenvalue weighted by Crippen LogP contribution is -2.30. The fourth-order valence-electron chi connectivity index (χ4n) is 6.88. The fraction of sp³-hybridized carbons (Fsp3) is 0.623. The molecule has 0 saturated heterocycles. The van der Waals surface area contributed by atoms with Gasteiger partial charge in [-0.05, 0) is 122 Å². The predicted octanol–water partition coefficient (Wildman–Crippen LogP) is 18.1. The van der Waals surface area contributed by atoms with Crippen molar-refractivity contribution in [3.63, 3.8) is 0 Å². The lowest BCUT2D eigenvalue weighted by molar-refractivity contribution is -0.167. The van der Waals surface area contributed by atoms with Crippen molar-refractivity contribution >= 4 is 17.9 Å². The number of unbranched alkanes of at least 4 members (excludes halogenated alkanes) is 16. The van der Waals surface area contributed by atoms with E-state index in [4.69, 9.17) is 14.2 Å². The number of rotatable bonds is 47. The van der Waals surface area contributed by atoms with E-state index in [2.05, 4.69) is 142 Å². The van der Waals surface area contributed by atoms with Gasteiger partial charge in [0, 0.05) is 19.3 Å². The van der Waals surface area contributed by atoms with Crippen LogP contribution in [0.5, 0.6) is 0 Å². The first kappa shape index (κ1) is 62.8. The number of esters is 3. The van der Waals surface area contributed by atoms with E-state index in [1.165, 1.54) is 89.9 Å². The molecule has 0 saturated carbocycles. The molecule has 0 amide bonds. The van der Waals surface area contributed by atoms with E-state index in [0.29, 0.717) is 19.3 Å². The van der Waals surface area contributed by atoms with Gasteiger partial charge < -0.3 is 14.2 Å². The van der Waals surface area contributed by atoms with E-state index in [1.807, 2.05) is 0 Å². The molecule has 0 N–H and O–H groups in total. The van der Waals surface area contributed by atoms with Crippen molar-refractivity contribution in [2.24, 2.45) is 0 Å². The average molecular weight is 927 g/mol. The Labute approximate surface area is 412 Å². The summed E-state index contributed by atoms with van der Waals surface area (Å²) in [5.74, 6) is -1.05. The molecule has 0 fully saturated rings. The molecule has 0 bridgehead atoms. The average Bonchev–Trinajstić information content (AvgIpc) is 3.33. The number of carbonyl (C=O) groups is 3. The Morgan fingerprint density at radius 3 is 1.01 bits per heavy atom. The molecular formula is C61H98O6. The molecule has 0 spiro atoms. The molecule has 1 atom stereocenters. The van der Waals surface area contributed by atoms with Gasteiger partial charge in [-0.2, -0.15) is 0 Å². The third kappa shape index (κ3) is 52.6. The third-order valence-corrected chi connectivity index (χ3v) is 10.9. The highest BCUT2D eigenvalue weighted by molar-refractivity contribution is 5.71. The van der Waals surface area contributed by atoms with Crippen LogP contribution in [0.1, 0.15) is 226 Å². The predicted molar refractivity (Wildman–Crippen MR) is 288 cm³/mol. The Balaban J connectivity index is 4.59. The highest BCUT2D eigenvalue weighted by Crippen LogP contribution is 2.12. The van der Waals surface area contributed by atoms with E-state index in [9.17, 15) is 14.4 Å². The SMILES string of the molecule is CC/C=C\C/C=C\C/C=C\C/C=C\C/C=C\CCCC(=O)OC[C@H](COC(=O)CCCCCCCCC/C=C\CCCCCC)OC(=O)CCC/C=C\C/C=C\C/C=C\C/C=C\CCCCC. The standard InChI is InChI=1S/C61H98O6/c1-4-7-10-13-16-19-22-25-28-30-33-36-39-42-45-48-51-54-60(63)66-57-58(56-65-59(62)53-50-47-44-41-38-35-32-27-24-21-18-15-12-9-6-3)67-61(64)55-52-49-46-43-40-37-34-31-29-26-23-20-17-14-11-8-5-2/h7,10,16-17,19-21,24-26,28-29,33-34,36-37,42-43,45-46,58H,4-6,8-9,11-15,18,22-23,27,30-32,35,38-41,44,47-57H2,1-3H3/b10-7-,19-16-,20-17-,24-21-,28-25-,29-26-,36-33-,37-34-,45-42-,46-43-/t58-/m0/s1. The van der Waals surface area contributed by atoms with Crippen LogP contribution in [0.2, 0.25) is 0 Å². The summed E-state index contributed by atoms with van der Waals surface area (Å²) in [4.78, 5) is 38.0. The first-order valence-electron chi connectivity index (χ1n) is 27.0. The van der Waals surface area contributed by atoms with Crippen LogP contribution in [-0.2, 0) is 28.6 Å². The van der Waals surface area contributed by atoms with E-state index >= 15 is 0 Å². The van der Waals surface area contributed by atoms with Crippen molar-refractivity contribution in [3.8, 4) is 0 Å². The number of hydrogen-bond donors (Lipinski definition) is 0. The lowest BCUT2D eigenvalue weighted by atomic mass is 10.1. The van der Waals surface area contributed by atoms with E-state index in [-0.39, 0.29) is 44.0 Å². The summed E-state index contributed by atoms with van der Waals surface area (Å²) < 4.78 is 16.7. The molecule has 6 heteroatoms. The van der Waals surface area contributed by atoms with Crippen molar-refractivity contribution in [1.29, 1.82) is 0 Å². The maximum absolute atomic E-state index is 12.8. The summed E-state index contributed by atoms with van der Waals surface area (Å²) in [6, 6.07) is 0. The smallest absolute Gasteiger partial charge is 0.306 e. The Bertz CT molecular complexity index is 1440. The van der Waals surface area contributed by atoms with Crippen molar-refractivity contribution in [1.82, 2.24) is 0 Å². The number of hydrogen-bond acceptors (Lipinski definition) is 6. The Kier molecular flexibility index (Phi) is 51.0. The third-order valence-electron chi connectivity index (χ3n) is 10.9. The summed E-state index contributed by atoms with van der Waals surface area (Å²) in [5.41, 5.74) is 0. The van der Waals surface area contributed by atoms with Gasteiger partial charge in [0.05, 0.1) is 0 Å². The summed E-state index contributed by atoms with van der Waals surface area (Å²) in [6.45, 7) is 6.37. The van der Waals surface area contributed by atoms with Crippen LogP contribution < -0.4 is 0 Å². The summed E-state index contributed by atoms with van der Waals surface area (Å²) in [7, 11) is 0. The second-order valence-corrected chi connectivity index (χ2v) is 17.4. The van der Waals surface area contributed by atoms with Gasteiger partial charge in [-0.15, -0.1) is 0 Å². The van der Waals surface area contributed by atoms with Gasteiger partial charge in [0.25, 0.3) is 0 Å². The summed E-state index contributed by atoms with van der Waals surface area (Å²) in [5, 5.41) is 0. The van der Waals surface area contributed by atoms with Crippen LogP contribution in [-0.4, -0.2) is 37.2 Å². The fourth-order valence-corrected chi connectivity index (χ4v) is 6.88. The largest absolute Gasteiger partial charge is 0.462 e. The molecule has 6 nitrogen and oxygen atoms in total. The molecule has 0 aromatic heterocycles. The molecule has 0 unspecified atom stereocenters. The zero-order valence-corrected chi connectivity index (χ0v) is 43.1. The Morgan fingerprint density at radius 1 is 0.313 bits per heavy atom. The minimum atomic E-state index is -0.834. The molecule has 0 aromatic carbocycles. The van der Waals surface area contributed by atoms with Gasteiger partial charge in [-0.25, -0.2) is 0 Å². The van der Waals surface area contributed by atoms with Gasteiger partial charge in [-0.1, -0.05) is 206 Å². The molecule has 0 aliphatic heterocycles. The van der Waals surface area contributed by atoms with Gasteiger partial charge >= 0.3 is 17.9 Å². The second-order valence-electron chi connectivity index (χ2n) is 17.4. The van der Waals surface area contributed by atoms with Crippen LogP contribution in [0, 0.1) is 0 Å². The highest BCUT2D eigenvalue weighted by atomic mass is 16.6. The summed E-state index contributed by atoms with van der Waals surface area (Å²) in [6.07, 6.45) is 74.8. The zero-order chi connectivity index (χ0) is 48.6. The van der Waals surface area contributed by atoms with Gasteiger partial charge in [0.15, 0.2) is 6.10 Å². The van der Waals surface area contributed by atoms with Crippen molar-refractivity contribution < 1.29 is 28.6 Å². The van der Waals surface area contributed by atoms with E-state index < -0.39 is 6.10 Å². The molecule has 67 heavy (non-hydrogen) atoms. The van der Waals surface area contributed by atoms with E-state index in [1.54, 1.807) is 0 Å². The first-order valence-corrected chi connectivity index (χ1v) is 27.0. The van der Waals surface area contributed by atoms with Gasteiger partial charge in [0.1, 0.15) is 13.2 Å². The van der Waals surface area contributed by atoms with Gasteiger partial charge in [0.2, 0.25) is 0 Å². The highest BCUT2D eigenvalue weighted by Gasteiger charge is 2.19. The molecular weight excluding hydrogens is 829 g/mol. The molecule has 0 aliphatic carbocycles.